The van der Waals surface area contributed by atoms with Crippen molar-refractivity contribution in [1.29, 1.82) is 0 Å². The van der Waals surface area contributed by atoms with Gasteiger partial charge in [-0.3, -0.25) is 25.2 Å². The molecule has 0 radical (unpaired) electrons. The first-order chi connectivity index (χ1) is 13.9. The van der Waals surface area contributed by atoms with Crippen molar-refractivity contribution >= 4 is 17.6 Å². The van der Waals surface area contributed by atoms with Gasteiger partial charge >= 0.3 is 5.91 Å². The Morgan fingerprint density at radius 3 is 2.34 bits per heavy atom. The Labute approximate surface area is 167 Å². The van der Waals surface area contributed by atoms with Gasteiger partial charge in [0.25, 0.3) is 5.91 Å². The van der Waals surface area contributed by atoms with Crippen molar-refractivity contribution in [2.24, 2.45) is 0 Å². The topological polar surface area (TPSA) is 113 Å². The van der Waals surface area contributed by atoms with E-state index < -0.39 is 11.8 Å². The summed E-state index contributed by atoms with van der Waals surface area (Å²) >= 11 is 0. The van der Waals surface area contributed by atoms with Crippen LogP contribution in [0.5, 0.6) is 5.75 Å². The number of amides is 2. The summed E-state index contributed by atoms with van der Waals surface area (Å²) in [6, 6.07) is 12.3. The average Bonchev–Trinajstić information content (AvgIpc) is 3.29. The van der Waals surface area contributed by atoms with E-state index in [0.717, 1.165) is 0 Å². The minimum atomic E-state index is -0.614. The molecule has 150 valence electrons. The van der Waals surface area contributed by atoms with E-state index in [-0.39, 0.29) is 23.8 Å². The van der Waals surface area contributed by atoms with Crippen LogP contribution in [-0.4, -0.2) is 22.6 Å². The number of hydrazine groups is 1. The molecule has 2 amide bonds. The fourth-order valence-electron chi connectivity index (χ4n) is 2.99. The number of carbonyl (C=O) groups is 3. The number of rotatable bonds is 6. The smallest absolute Gasteiger partial charge is 0.305 e. The summed E-state index contributed by atoms with van der Waals surface area (Å²) in [5, 5.41) is 0. The van der Waals surface area contributed by atoms with E-state index in [4.69, 9.17) is 9.15 Å². The number of nitrogens with one attached hydrogen (secondary N) is 3. The molecule has 8 nitrogen and oxygen atoms in total. The highest BCUT2D eigenvalue weighted by molar-refractivity contribution is 6.03. The summed E-state index contributed by atoms with van der Waals surface area (Å²) in [4.78, 5) is 39.1. The van der Waals surface area contributed by atoms with Crippen LogP contribution in [-0.2, 0) is 6.61 Å². The van der Waals surface area contributed by atoms with Gasteiger partial charge in [-0.2, -0.15) is 0 Å². The van der Waals surface area contributed by atoms with Gasteiger partial charge in [0.2, 0.25) is 0 Å². The maximum Gasteiger partial charge on any atom is 0.305 e. The van der Waals surface area contributed by atoms with E-state index in [1.807, 2.05) is 30.3 Å². The van der Waals surface area contributed by atoms with Crippen LogP contribution >= 0.6 is 0 Å². The van der Waals surface area contributed by atoms with Crippen LogP contribution in [0.2, 0.25) is 0 Å². The average molecular weight is 395 g/mol. The summed E-state index contributed by atoms with van der Waals surface area (Å²) in [5.74, 6) is -0.139. The molecule has 1 aromatic carbocycles. The number of aromatic amines is 1. The largest absolute Gasteiger partial charge is 0.486 e. The number of ketones is 1. The molecule has 0 saturated carbocycles. The molecule has 0 fully saturated rings. The number of aryl methyl sites for hydroxylation is 1. The maximum absolute atomic E-state index is 12.3. The van der Waals surface area contributed by atoms with Gasteiger partial charge in [-0.1, -0.05) is 18.2 Å². The van der Waals surface area contributed by atoms with Crippen molar-refractivity contribution in [2.75, 3.05) is 0 Å². The Bertz CT molecular complexity index is 1050. The van der Waals surface area contributed by atoms with Crippen LogP contribution in [0.3, 0.4) is 0 Å². The Balaban J connectivity index is 1.57. The van der Waals surface area contributed by atoms with E-state index in [9.17, 15) is 14.4 Å². The normalized spacial score (nSPS) is 10.4. The van der Waals surface area contributed by atoms with E-state index >= 15 is 0 Å². The Morgan fingerprint density at radius 1 is 1.00 bits per heavy atom. The fourth-order valence-corrected chi connectivity index (χ4v) is 2.99. The molecular formula is C21H21N3O5. The number of furan rings is 1. The predicted molar refractivity (Wildman–Crippen MR) is 105 cm³/mol. The highest BCUT2D eigenvalue weighted by Gasteiger charge is 2.20. The Hall–Kier alpha value is -3.81. The van der Waals surface area contributed by atoms with Gasteiger partial charge in [0, 0.05) is 11.3 Å². The number of hydrogen-bond donors (Lipinski definition) is 3. The van der Waals surface area contributed by atoms with Crippen molar-refractivity contribution in [3.8, 4) is 5.75 Å². The van der Waals surface area contributed by atoms with Gasteiger partial charge in [-0.15, -0.1) is 0 Å². The van der Waals surface area contributed by atoms with Gasteiger partial charge in [0.1, 0.15) is 23.8 Å². The highest BCUT2D eigenvalue weighted by Crippen LogP contribution is 2.18. The van der Waals surface area contributed by atoms with Crippen molar-refractivity contribution in [1.82, 2.24) is 15.8 Å². The first-order valence-corrected chi connectivity index (χ1v) is 8.94. The number of ether oxygens (including phenoxy) is 1. The minimum absolute atomic E-state index is 0.0285. The number of para-hydroxylation sites is 1. The van der Waals surface area contributed by atoms with E-state index in [1.54, 1.807) is 19.9 Å². The third kappa shape index (κ3) is 4.55. The van der Waals surface area contributed by atoms with Crippen LogP contribution in [0, 0.1) is 13.8 Å². The molecule has 3 N–H and O–H groups in total. The summed E-state index contributed by atoms with van der Waals surface area (Å²) in [6.45, 7) is 4.98. The third-order valence-corrected chi connectivity index (χ3v) is 4.32. The van der Waals surface area contributed by atoms with Gasteiger partial charge in [0.05, 0.1) is 0 Å². The Kier molecular flexibility index (Phi) is 5.82. The Morgan fingerprint density at radius 2 is 1.69 bits per heavy atom. The van der Waals surface area contributed by atoms with Crippen molar-refractivity contribution in [2.45, 2.75) is 27.4 Å². The standard InChI is InChI=1S/C21H21N3O5/c1-12-18(14(3)25)13(2)22-19(12)21(27)24-23-20(26)17-10-9-16(29-17)11-28-15-7-5-4-6-8-15/h4-10,22H,11H2,1-3H3,(H,23,26)(H,24,27). The molecule has 29 heavy (non-hydrogen) atoms. The molecule has 0 atom stereocenters. The summed E-state index contributed by atoms with van der Waals surface area (Å²) in [7, 11) is 0. The van der Waals surface area contributed by atoms with E-state index in [0.29, 0.717) is 28.3 Å². The van der Waals surface area contributed by atoms with Crippen LogP contribution in [0.15, 0.2) is 46.9 Å². The van der Waals surface area contributed by atoms with Gasteiger partial charge in [0.15, 0.2) is 11.5 Å². The molecule has 0 spiro atoms. The summed E-state index contributed by atoms with van der Waals surface area (Å²) in [5.41, 5.74) is 6.41. The zero-order chi connectivity index (χ0) is 21.0. The van der Waals surface area contributed by atoms with Crippen molar-refractivity contribution in [3.05, 3.63) is 76.5 Å². The van der Waals surface area contributed by atoms with Crippen LogP contribution in [0.4, 0.5) is 0 Å². The third-order valence-electron chi connectivity index (χ3n) is 4.32. The second-order valence-electron chi connectivity index (χ2n) is 6.46. The SMILES string of the molecule is CC(=O)c1c(C)[nH]c(C(=O)NNC(=O)c2ccc(COc3ccccc3)o2)c1C. The molecule has 2 heterocycles. The first-order valence-electron chi connectivity index (χ1n) is 8.94. The van der Waals surface area contributed by atoms with Gasteiger partial charge < -0.3 is 14.1 Å². The molecule has 0 aliphatic rings. The second kappa shape index (κ2) is 8.47. The molecule has 2 aromatic heterocycles. The lowest BCUT2D eigenvalue weighted by Gasteiger charge is -2.06. The maximum atomic E-state index is 12.3. The first kappa shape index (κ1) is 19.9. The molecule has 8 heteroatoms. The van der Waals surface area contributed by atoms with Crippen molar-refractivity contribution in [3.63, 3.8) is 0 Å². The molecule has 3 aromatic rings. The molecule has 0 aliphatic carbocycles. The lowest BCUT2D eigenvalue weighted by atomic mass is 10.1. The summed E-state index contributed by atoms with van der Waals surface area (Å²) in [6.07, 6.45) is 0. The molecular weight excluding hydrogens is 374 g/mol. The fraction of sp³-hybridized carbons (Fsp3) is 0.190. The quantitative estimate of drug-likeness (QED) is 0.438. The number of hydrogen-bond acceptors (Lipinski definition) is 5. The van der Waals surface area contributed by atoms with Gasteiger partial charge in [-0.05, 0) is 50.6 Å². The van der Waals surface area contributed by atoms with Crippen LogP contribution in [0.25, 0.3) is 0 Å². The summed E-state index contributed by atoms with van der Waals surface area (Å²) < 4.78 is 11.0. The molecule has 0 bridgehead atoms. The predicted octanol–water partition coefficient (Wildman–Crippen LogP) is 3.08. The van der Waals surface area contributed by atoms with Crippen molar-refractivity contribution < 1.29 is 23.5 Å². The number of H-pyrrole nitrogens is 1. The molecule has 0 unspecified atom stereocenters. The minimum Gasteiger partial charge on any atom is -0.486 e. The van der Waals surface area contributed by atoms with Crippen LogP contribution < -0.4 is 15.6 Å². The second-order valence-corrected chi connectivity index (χ2v) is 6.46. The van der Waals surface area contributed by atoms with E-state index in [2.05, 4.69) is 15.8 Å². The molecule has 0 saturated heterocycles. The highest BCUT2D eigenvalue weighted by atomic mass is 16.5. The van der Waals surface area contributed by atoms with E-state index in [1.165, 1.54) is 13.0 Å². The molecule has 0 aliphatic heterocycles. The number of Topliss-reactive ketones (excluding diaryl/α,β-unsaturated/α-hetero) is 1. The lowest BCUT2D eigenvalue weighted by Crippen LogP contribution is -2.41. The number of aromatic nitrogens is 1. The number of benzene rings is 1. The monoisotopic (exact) mass is 395 g/mol. The van der Waals surface area contributed by atoms with Gasteiger partial charge in [-0.25, -0.2) is 0 Å². The zero-order valence-electron chi connectivity index (χ0n) is 16.3. The molecule has 3 rings (SSSR count). The zero-order valence-corrected chi connectivity index (χ0v) is 16.3. The number of carbonyl (C=O) groups excluding carboxylic acids is 3. The van der Waals surface area contributed by atoms with Crippen LogP contribution in [0.1, 0.15) is 55.3 Å². The lowest BCUT2D eigenvalue weighted by molar-refractivity contribution is 0.0826.